The predicted octanol–water partition coefficient (Wildman–Crippen LogP) is 2.90. The summed E-state index contributed by atoms with van der Waals surface area (Å²) < 4.78 is 6.15. The van der Waals surface area contributed by atoms with Gasteiger partial charge in [0.1, 0.15) is 5.76 Å². The molecule has 64 valence electrons. The van der Waals surface area contributed by atoms with Crippen molar-refractivity contribution in [3.05, 3.63) is 27.5 Å². The van der Waals surface area contributed by atoms with Gasteiger partial charge in [0.15, 0.2) is 4.67 Å². The Morgan fingerprint density at radius 1 is 1.58 bits per heavy atom. The molecular formula is C7H4Br2O3. The predicted molar refractivity (Wildman–Crippen MR) is 50.8 cm³/mol. The normalized spacial score (nSPS) is 9.83. The lowest BCUT2D eigenvalue weighted by atomic mass is 10.2. The Kier molecular flexibility index (Phi) is 2.74. The van der Waals surface area contributed by atoms with E-state index in [1.807, 2.05) is 0 Å². The zero-order chi connectivity index (χ0) is 9.30. The average molecular weight is 296 g/mol. The molecule has 0 aliphatic rings. The Bertz CT molecular complexity index is 321. The van der Waals surface area contributed by atoms with Gasteiger partial charge < -0.3 is 9.52 Å². The Balaban J connectivity index is 3.05. The third kappa shape index (κ3) is 1.78. The minimum atomic E-state index is -1.09. The summed E-state index contributed by atoms with van der Waals surface area (Å²) in [4.78, 5) is 10.4. The summed E-state index contributed by atoms with van der Waals surface area (Å²) in [6, 6.07) is 1.54. The Labute approximate surface area is 85.3 Å². The molecule has 0 atom stereocenters. The molecule has 12 heavy (non-hydrogen) atoms. The topological polar surface area (TPSA) is 50.4 Å². The molecule has 3 nitrogen and oxygen atoms in total. The van der Waals surface area contributed by atoms with Gasteiger partial charge in [-0.2, -0.15) is 0 Å². The maximum absolute atomic E-state index is 10.4. The molecule has 0 amide bonds. The van der Waals surface area contributed by atoms with Crippen LogP contribution in [0.25, 0.3) is 5.57 Å². The van der Waals surface area contributed by atoms with Crippen molar-refractivity contribution in [1.29, 1.82) is 0 Å². The molecule has 0 aliphatic carbocycles. The van der Waals surface area contributed by atoms with Crippen LogP contribution in [0.4, 0.5) is 0 Å². The lowest BCUT2D eigenvalue weighted by molar-refractivity contribution is -0.130. The summed E-state index contributed by atoms with van der Waals surface area (Å²) in [5.41, 5.74) is -0.0681. The number of carboxylic acids is 1. The molecule has 0 saturated carbocycles. The van der Waals surface area contributed by atoms with Crippen LogP contribution in [0.1, 0.15) is 5.76 Å². The second-order valence-electron chi connectivity index (χ2n) is 2.02. The van der Waals surface area contributed by atoms with Gasteiger partial charge >= 0.3 is 5.97 Å². The van der Waals surface area contributed by atoms with E-state index < -0.39 is 5.97 Å². The molecule has 1 heterocycles. The number of furan rings is 1. The van der Waals surface area contributed by atoms with E-state index in [9.17, 15) is 4.79 Å². The van der Waals surface area contributed by atoms with Gasteiger partial charge in [-0.15, -0.1) is 0 Å². The largest absolute Gasteiger partial charge is 0.478 e. The van der Waals surface area contributed by atoms with Crippen LogP contribution < -0.4 is 0 Å². The van der Waals surface area contributed by atoms with E-state index in [-0.39, 0.29) is 11.3 Å². The molecule has 0 spiro atoms. The van der Waals surface area contributed by atoms with Crippen molar-refractivity contribution in [2.24, 2.45) is 0 Å². The van der Waals surface area contributed by atoms with Crippen molar-refractivity contribution in [3.8, 4) is 0 Å². The fourth-order valence-corrected chi connectivity index (χ4v) is 1.18. The molecule has 0 fully saturated rings. The lowest BCUT2D eigenvalue weighted by Gasteiger charge is -1.91. The van der Waals surface area contributed by atoms with E-state index in [0.717, 1.165) is 0 Å². The molecule has 0 aromatic carbocycles. The Hall–Kier alpha value is -0.550. The summed E-state index contributed by atoms with van der Waals surface area (Å²) in [5, 5.41) is 8.55. The highest BCUT2D eigenvalue weighted by Crippen LogP contribution is 2.29. The molecule has 0 bridgehead atoms. The van der Waals surface area contributed by atoms with Crippen molar-refractivity contribution in [1.82, 2.24) is 0 Å². The number of rotatable bonds is 2. The Morgan fingerprint density at radius 2 is 2.17 bits per heavy atom. The SMILES string of the molecule is C=C(C(=O)O)c1cc(Br)c(Br)o1. The number of hydrogen-bond acceptors (Lipinski definition) is 2. The van der Waals surface area contributed by atoms with Gasteiger partial charge in [-0.25, -0.2) is 4.79 Å². The van der Waals surface area contributed by atoms with Crippen LogP contribution in [0.2, 0.25) is 0 Å². The number of halogens is 2. The zero-order valence-electron chi connectivity index (χ0n) is 5.80. The molecule has 0 saturated heterocycles. The third-order valence-corrected chi connectivity index (χ3v) is 2.91. The fourth-order valence-electron chi connectivity index (χ4n) is 0.601. The summed E-state index contributed by atoms with van der Waals surface area (Å²) in [7, 11) is 0. The van der Waals surface area contributed by atoms with Crippen molar-refractivity contribution < 1.29 is 14.3 Å². The first-order valence-corrected chi connectivity index (χ1v) is 4.48. The van der Waals surface area contributed by atoms with Crippen LogP contribution in [0.5, 0.6) is 0 Å². The first-order valence-electron chi connectivity index (χ1n) is 2.89. The zero-order valence-corrected chi connectivity index (χ0v) is 8.98. The molecule has 1 aromatic rings. The van der Waals surface area contributed by atoms with Crippen LogP contribution in [0, 0.1) is 0 Å². The van der Waals surface area contributed by atoms with Crippen LogP contribution in [-0.2, 0) is 4.79 Å². The molecule has 0 aliphatic heterocycles. The highest BCUT2D eigenvalue weighted by Gasteiger charge is 2.13. The van der Waals surface area contributed by atoms with Crippen LogP contribution in [-0.4, -0.2) is 11.1 Å². The van der Waals surface area contributed by atoms with Gasteiger partial charge in [0.2, 0.25) is 0 Å². The van der Waals surface area contributed by atoms with Gasteiger partial charge in [0.25, 0.3) is 0 Å². The highest BCUT2D eigenvalue weighted by molar-refractivity contribution is 9.13. The molecular weight excluding hydrogens is 292 g/mol. The monoisotopic (exact) mass is 294 g/mol. The van der Waals surface area contributed by atoms with Gasteiger partial charge in [-0.05, 0) is 31.9 Å². The smallest absolute Gasteiger partial charge is 0.338 e. The van der Waals surface area contributed by atoms with E-state index >= 15 is 0 Å². The van der Waals surface area contributed by atoms with E-state index in [1.165, 1.54) is 0 Å². The molecule has 1 aromatic heterocycles. The third-order valence-electron chi connectivity index (χ3n) is 1.20. The number of aliphatic carboxylic acids is 1. The molecule has 0 unspecified atom stereocenters. The van der Waals surface area contributed by atoms with Crippen molar-refractivity contribution in [2.45, 2.75) is 0 Å². The molecule has 1 N–H and O–H groups in total. The van der Waals surface area contributed by atoms with E-state index in [1.54, 1.807) is 6.07 Å². The number of hydrogen-bond donors (Lipinski definition) is 1. The van der Waals surface area contributed by atoms with Gasteiger partial charge in [-0.1, -0.05) is 6.58 Å². The molecule has 0 radical (unpaired) electrons. The average Bonchev–Trinajstić information content (AvgIpc) is 2.30. The maximum Gasteiger partial charge on any atom is 0.338 e. The minimum Gasteiger partial charge on any atom is -0.478 e. The second-order valence-corrected chi connectivity index (χ2v) is 3.59. The van der Waals surface area contributed by atoms with E-state index in [2.05, 4.69) is 38.4 Å². The van der Waals surface area contributed by atoms with Gasteiger partial charge in [0, 0.05) is 6.07 Å². The number of carbonyl (C=O) groups is 1. The summed E-state index contributed by atoms with van der Waals surface area (Å²) in [6.07, 6.45) is 0. The molecule has 5 heteroatoms. The van der Waals surface area contributed by atoms with Gasteiger partial charge in [-0.3, -0.25) is 0 Å². The van der Waals surface area contributed by atoms with Crippen molar-refractivity contribution in [2.75, 3.05) is 0 Å². The quantitative estimate of drug-likeness (QED) is 0.854. The van der Waals surface area contributed by atoms with E-state index in [4.69, 9.17) is 9.52 Å². The van der Waals surface area contributed by atoms with Crippen LogP contribution in [0.3, 0.4) is 0 Å². The fraction of sp³-hybridized carbons (Fsp3) is 0. The maximum atomic E-state index is 10.4. The van der Waals surface area contributed by atoms with Crippen LogP contribution >= 0.6 is 31.9 Å². The van der Waals surface area contributed by atoms with Crippen LogP contribution in [0.15, 0.2) is 26.2 Å². The standard InChI is InChI=1S/C7H4Br2O3/c1-3(7(10)11)5-2-4(8)6(9)12-5/h2H,1H2,(H,10,11). The van der Waals surface area contributed by atoms with Crippen molar-refractivity contribution >= 4 is 43.4 Å². The summed E-state index contributed by atoms with van der Waals surface area (Å²) in [5.74, 6) is -0.856. The van der Waals surface area contributed by atoms with Crippen molar-refractivity contribution in [3.63, 3.8) is 0 Å². The van der Waals surface area contributed by atoms with Gasteiger partial charge in [0.05, 0.1) is 10.0 Å². The molecule has 1 rings (SSSR count). The first-order chi connectivity index (χ1) is 5.52. The minimum absolute atomic E-state index is 0.0681. The lowest BCUT2D eigenvalue weighted by Crippen LogP contribution is -1.95. The summed E-state index contributed by atoms with van der Waals surface area (Å²) >= 11 is 6.24. The summed E-state index contributed by atoms with van der Waals surface area (Å²) in [6.45, 7) is 3.34. The Morgan fingerprint density at radius 3 is 2.50 bits per heavy atom. The number of carboxylic acid groups (broad SMARTS) is 1. The first kappa shape index (κ1) is 9.54. The van der Waals surface area contributed by atoms with E-state index in [0.29, 0.717) is 9.14 Å². The second kappa shape index (κ2) is 3.45. The highest BCUT2D eigenvalue weighted by atomic mass is 79.9.